The molecule has 1 aromatic heterocycles. The number of rotatable bonds is 3. The molecule has 4 heteroatoms. The van der Waals surface area contributed by atoms with Crippen LogP contribution in [0.4, 0.5) is 0 Å². The molecule has 1 aliphatic rings. The number of carbonyl (C=O) groups excluding carboxylic acids is 1. The van der Waals surface area contributed by atoms with Crippen LogP contribution in [0.5, 0.6) is 0 Å². The number of hydrogen-bond acceptors (Lipinski definition) is 4. The molecule has 1 unspecified atom stereocenters. The fraction of sp³-hybridized carbons (Fsp3) is 0.545. The molecule has 0 radical (unpaired) electrons. The van der Waals surface area contributed by atoms with Crippen LogP contribution in [0, 0.1) is 0 Å². The average Bonchev–Trinajstić information content (AvgIpc) is 2.31. The van der Waals surface area contributed by atoms with Gasteiger partial charge in [0.1, 0.15) is 5.69 Å². The summed E-state index contributed by atoms with van der Waals surface area (Å²) in [7, 11) is 0. The highest BCUT2D eigenvalue weighted by Crippen LogP contribution is 2.17. The Morgan fingerprint density at radius 1 is 1.47 bits per heavy atom. The first kappa shape index (κ1) is 10.2. The summed E-state index contributed by atoms with van der Waals surface area (Å²) in [6.07, 6.45) is 8.35. The maximum atomic E-state index is 11.7. The molecule has 1 atom stereocenters. The second-order valence-corrected chi connectivity index (χ2v) is 3.71. The van der Waals surface area contributed by atoms with E-state index in [1.807, 2.05) is 0 Å². The second-order valence-electron chi connectivity index (χ2n) is 3.71. The molecule has 1 saturated heterocycles. The molecule has 1 aromatic rings. The predicted octanol–water partition coefficient (Wildman–Crippen LogP) is 1.62. The Kier molecular flexibility index (Phi) is 3.40. The van der Waals surface area contributed by atoms with Gasteiger partial charge < -0.3 is 4.74 Å². The van der Waals surface area contributed by atoms with Crippen molar-refractivity contribution in [2.45, 2.75) is 31.8 Å². The average molecular weight is 206 g/mol. The highest BCUT2D eigenvalue weighted by molar-refractivity contribution is 5.94. The van der Waals surface area contributed by atoms with Crippen molar-refractivity contribution in [1.29, 1.82) is 0 Å². The fourth-order valence-electron chi connectivity index (χ4n) is 1.72. The van der Waals surface area contributed by atoms with Crippen LogP contribution in [-0.2, 0) is 4.74 Å². The van der Waals surface area contributed by atoms with Gasteiger partial charge in [-0.15, -0.1) is 0 Å². The topological polar surface area (TPSA) is 52.1 Å². The highest BCUT2D eigenvalue weighted by Gasteiger charge is 2.19. The van der Waals surface area contributed by atoms with Gasteiger partial charge in [0.15, 0.2) is 5.78 Å². The molecule has 0 spiro atoms. The fourth-order valence-corrected chi connectivity index (χ4v) is 1.72. The first-order chi connectivity index (χ1) is 7.36. The Hall–Kier alpha value is -1.29. The van der Waals surface area contributed by atoms with Crippen molar-refractivity contribution in [1.82, 2.24) is 9.97 Å². The maximum Gasteiger partial charge on any atom is 0.185 e. The van der Waals surface area contributed by atoms with Crippen molar-refractivity contribution in [3.8, 4) is 0 Å². The van der Waals surface area contributed by atoms with E-state index in [0.717, 1.165) is 25.9 Å². The third kappa shape index (κ3) is 2.83. The molecule has 0 amide bonds. The van der Waals surface area contributed by atoms with E-state index in [-0.39, 0.29) is 11.9 Å². The molecule has 0 N–H and O–H groups in total. The summed E-state index contributed by atoms with van der Waals surface area (Å²) in [6, 6.07) is 0. The van der Waals surface area contributed by atoms with E-state index in [0.29, 0.717) is 12.1 Å². The normalized spacial score (nSPS) is 21.2. The number of hydrogen-bond donors (Lipinski definition) is 0. The molecule has 0 aromatic carbocycles. The van der Waals surface area contributed by atoms with Crippen LogP contribution >= 0.6 is 0 Å². The van der Waals surface area contributed by atoms with Crippen molar-refractivity contribution in [3.05, 3.63) is 24.3 Å². The lowest BCUT2D eigenvalue weighted by Gasteiger charge is -2.21. The van der Waals surface area contributed by atoms with Gasteiger partial charge in [-0.25, -0.2) is 4.98 Å². The molecule has 0 aliphatic carbocycles. The van der Waals surface area contributed by atoms with Crippen molar-refractivity contribution >= 4 is 5.78 Å². The molecule has 15 heavy (non-hydrogen) atoms. The molecule has 1 aliphatic heterocycles. The Labute approximate surface area is 88.7 Å². The van der Waals surface area contributed by atoms with Gasteiger partial charge in [-0.3, -0.25) is 9.78 Å². The van der Waals surface area contributed by atoms with E-state index in [2.05, 4.69) is 9.97 Å². The smallest absolute Gasteiger partial charge is 0.185 e. The molecule has 0 bridgehead atoms. The number of aromatic nitrogens is 2. The first-order valence-electron chi connectivity index (χ1n) is 5.27. The summed E-state index contributed by atoms with van der Waals surface area (Å²) < 4.78 is 5.50. The summed E-state index contributed by atoms with van der Waals surface area (Å²) in [4.78, 5) is 19.6. The number of carbonyl (C=O) groups is 1. The second kappa shape index (κ2) is 4.98. The van der Waals surface area contributed by atoms with E-state index >= 15 is 0 Å². The maximum absolute atomic E-state index is 11.7. The lowest BCUT2D eigenvalue weighted by Crippen LogP contribution is -2.22. The van der Waals surface area contributed by atoms with Crippen LogP contribution in [0.3, 0.4) is 0 Å². The number of ether oxygens (including phenoxy) is 1. The van der Waals surface area contributed by atoms with Gasteiger partial charge in [-0.2, -0.15) is 0 Å². The van der Waals surface area contributed by atoms with Crippen LogP contribution in [0.1, 0.15) is 36.2 Å². The first-order valence-corrected chi connectivity index (χ1v) is 5.27. The largest absolute Gasteiger partial charge is 0.378 e. The van der Waals surface area contributed by atoms with Crippen LogP contribution in [0.15, 0.2) is 18.6 Å². The lowest BCUT2D eigenvalue weighted by atomic mass is 10.0. The van der Waals surface area contributed by atoms with Crippen molar-refractivity contribution in [3.63, 3.8) is 0 Å². The Bertz CT molecular complexity index is 321. The van der Waals surface area contributed by atoms with Gasteiger partial charge >= 0.3 is 0 Å². The van der Waals surface area contributed by atoms with Gasteiger partial charge in [0.05, 0.1) is 12.3 Å². The molecule has 2 rings (SSSR count). The number of Topliss-reactive ketones (excluding diaryl/α,β-unsaturated/α-hetero) is 1. The minimum atomic E-state index is 0.0231. The third-order valence-corrected chi connectivity index (χ3v) is 2.54. The third-order valence-electron chi connectivity index (χ3n) is 2.54. The molecule has 1 fully saturated rings. The van der Waals surface area contributed by atoms with Gasteiger partial charge in [-0.1, -0.05) is 0 Å². The van der Waals surface area contributed by atoms with Crippen LogP contribution in [0.25, 0.3) is 0 Å². The van der Waals surface area contributed by atoms with Crippen LogP contribution < -0.4 is 0 Å². The van der Waals surface area contributed by atoms with Gasteiger partial charge in [0.25, 0.3) is 0 Å². The highest BCUT2D eigenvalue weighted by atomic mass is 16.5. The zero-order valence-corrected chi connectivity index (χ0v) is 8.56. The van der Waals surface area contributed by atoms with Crippen molar-refractivity contribution in [2.75, 3.05) is 6.61 Å². The summed E-state index contributed by atoms with van der Waals surface area (Å²) in [5, 5.41) is 0. The van der Waals surface area contributed by atoms with E-state index < -0.39 is 0 Å². The lowest BCUT2D eigenvalue weighted by molar-refractivity contribution is 0.0128. The molecule has 2 heterocycles. The Morgan fingerprint density at radius 2 is 2.40 bits per heavy atom. The summed E-state index contributed by atoms with van der Waals surface area (Å²) in [5.74, 6) is 0.0231. The monoisotopic (exact) mass is 206 g/mol. The van der Waals surface area contributed by atoms with Crippen molar-refractivity contribution in [2.24, 2.45) is 0 Å². The summed E-state index contributed by atoms with van der Waals surface area (Å²) in [6.45, 7) is 0.776. The number of nitrogens with zero attached hydrogens (tertiary/aromatic N) is 2. The molecule has 0 saturated carbocycles. The minimum absolute atomic E-state index is 0.0231. The van der Waals surface area contributed by atoms with E-state index in [9.17, 15) is 4.79 Å². The van der Waals surface area contributed by atoms with Gasteiger partial charge in [0, 0.05) is 25.4 Å². The van der Waals surface area contributed by atoms with Crippen LogP contribution in [-0.4, -0.2) is 28.5 Å². The van der Waals surface area contributed by atoms with E-state index in [1.165, 1.54) is 12.4 Å². The van der Waals surface area contributed by atoms with Gasteiger partial charge in [0.2, 0.25) is 0 Å². The SMILES string of the molecule is O=C(CC1CCCCO1)c1cnccn1. The zero-order chi connectivity index (χ0) is 10.5. The van der Waals surface area contributed by atoms with Crippen LogP contribution in [0.2, 0.25) is 0 Å². The van der Waals surface area contributed by atoms with E-state index in [4.69, 9.17) is 4.74 Å². The predicted molar refractivity (Wildman–Crippen MR) is 54.6 cm³/mol. The Morgan fingerprint density at radius 3 is 3.07 bits per heavy atom. The molecule has 4 nitrogen and oxygen atoms in total. The number of ketones is 1. The zero-order valence-electron chi connectivity index (χ0n) is 8.56. The summed E-state index contributed by atoms with van der Waals surface area (Å²) in [5.41, 5.74) is 0.437. The summed E-state index contributed by atoms with van der Waals surface area (Å²) >= 11 is 0. The van der Waals surface area contributed by atoms with Gasteiger partial charge in [-0.05, 0) is 19.3 Å². The van der Waals surface area contributed by atoms with E-state index in [1.54, 1.807) is 6.20 Å². The Balaban J connectivity index is 1.91. The molecular formula is C11H14N2O2. The minimum Gasteiger partial charge on any atom is -0.378 e. The quantitative estimate of drug-likeness (QED) is 0.705. The standard InChI is InChI=1S/C11H14N2O2/c14-11(10-8-12-4-5-13-10)7-9-3-1-2-6-15-9/h4-5,8-9H,1-3,6-7H2. The molecule has 80 valence electrons. The van der Waals surface area contributed by atoms with Crippen molar-refractivity contribution < 1.29 is 9.53 Å². The molecular weight excluding hydrogens is 192 g/mol.